The van der Waals surface area contributed by atoms with Gasteiger partial charge < -0.3 is 15.5 Å². The van der Waals surface area contributed by atoms with Crippen LogP contribution in [0.1, 0.15) is 27.2 Å². The summed E-state index contributed by atoms with van der Waals surface area (Å²) in [5.41, 5.74) is 2.77. The topological polar surface area (TPSA) is 87.4 Å². The van der Waals surface area contributed by atoms with Crippen molar-refractivity contribution in [2.24, 2.45) is 0 Å². The second kappa shape index (κ2) is 8.14. The van der Waals surface area contributed by atoms with Crippen LogP contribution in [0.5, 0.6) is 11.5 Å². The zero-order chi connectivity index (χ0) is 19.4. The van der Waals surface area contributed by atoms with E-state index in [2.05, 4.69) is 10.4 Å². The lowest BCUT2D eigenvalue weighted by atomic mass is 10.1. The Bertz CT molecular complexity index is 955. The zero-order valence-corrected chi connectivity index (χ0v) is 15.6. The van der Waals surface area contributed by atoms with Crippen LogP contribution in [0.25, 0.3) is 0 Å². The molecule has 3 N–H and O–H groups in total. The number of aryl methyl sites for hydroxylation is 1. The number of phenolic OH excluding ortho intramolecular Hbond substituents is 2. The highest BCUT2D eigenvalue weighted by Crippen LogP contribution is 2.25. The molecule has 0 atom stereocenters. The van der Waals surface area contributed by atoms with Gasteiger partial charge in [0.1, 0.15) is 5.15 Å². The number of carbonyl (C=O) groups is 1. The van der Waals surface area contributed by atoms with Crippen molar-refractivity contribution in [3.05, 3.63) is 76.1 Å². The van der Waals surface area contributed by atoms with Gasteiger partial charge in [0, 0.05) is 6.54 Å². The molecule has 0 radical (unpaired) electrons. The van der Waals surface area contributed by atoms with Gasteiger partial charge in [0.2, 0.25) is 0 Å². The number of nitrogens with zero attached hydrogens (tertiary/aromatic N) is 2. The summed E-state index contributed by atoms with van der Waals surface area (Å²) in [5, 5.41) is 26.3. The van der Waals surface area contributed by atoms with Crippen LogP contribution >= 0.6 is 11.6 Å². The van der Waals surface area contributed by atoms with Gasteiger partial charge in [-0.2, -0.15) is 5.10 Å². The van der Waals surface area contributed by atoms with Gasteiger partial charge in [0.05, 0.1) is 17.8 Å². The van der Waals surface area contributed by atoms with Gasteiger partial charge >= 0.3 is 0 Å². The Labute approximate surface area is 162 Å². The number of phenols is 2. The molecule has 1 aromatic heterocycles. The summed E-state index contributed by atoms with van der Waals surface area (Å²) in [4.78, 5) is 12.5. The van der Waals surface area contributed by atoms with Crippen molar-refractivity contribution in [2.75, 3.05) is 6.54 Å². The minimum atomic E-state index is -0.292. The molecule has 2 aromatic carbocycles. The van der Waals surface area contributed by atoms with E-state index < -0.39 is 0 Å². The summed E-state index contributed by atoms with van der Waals surface area (Å²) in [6, 6.07) is 14.3. The van der Waals surface area contributed by atoms with E-state index in [1.807, 2.05) is 30.3 Å². The monoisotopic (exact) mass is 385 g/mol. The molecule has 0 bridgehead atoms. The first-order valence-electron chi connectivity index (χ1n) is 8.51. The van der Waals surface area contributed by atoms with Crippen LogP contribution < -0.4 is 5.32 Å². The van der Waals surface area contributed by atoms with Gasteiger partial charge in [0.15, 0.2) is 11.5 Å². The van der Waals surface area contributed by atoms with Crippen molar-refractivity contribution in [3.8, 4) is 11.5 Å². The number of amides is 1. The second-order valence-corrected chi connectivity index (χ2v) is 6.58. The Morgan fingerprint density at radius 2 is 1.85 bits per heavy atom. The Morgan fingerprint density at radius 1 is 1.11 bits per heavy atom. The molecule has 1 amide bonds. The molecule has 1 heterocycles. The van der Waals surface area contributed by atoms with Gasteiger partial charge in [-0.15, -0.1) is 0 Å². The lowest BCUT2D eigenvalue weighted by molar-refractivity contribution is 0.0953. The number of hydrogen-bond acceptors (Lipinski definition) is 4. The van der Waals surface area contributed by atoms with Crippen molar-refractivity contribution < 1.29 is 15.0 Å². The molecular weight excluding hydrogens is 366 g/mol. The third kappa shape index (κ3) is 4.41. The number of nitrogens with one attached hydrogen (secondary N) is 1. The van der Waals surface area contributed by atoms with Crippen LogP contribution in [-0.4, -0.2) is 32.4 Å². The molecule has 3 aromatic rings. The Morgan fingerprint density at radius 3 is 2.56 bits per heavy atom. The molecule has 0 fully saturated rings. The molecule has 0 aliphatic heterocycles. The van der Waals surface area contributed by atoms with Crippen molar-refractivity contribution in [3.63, 3.8) is 0 Å². The summed E-state index contributed by atoms with van der Waals surface area (Å²) in [6.07, 6.45) is 0.508. The number of aromatic nitrogens is 2. The number of halogens is 1. The number of hydrogen-bond donors (Lipinski definition) is 3. The molecular formula is C20H20ClN3O3. The molecule has 7 heteroatoms. The average Bonchev–Trinajstić information content (AvgIpc) is 2.92. The van der Waals surface area contributed by atoms with Crippen molar-refractivity contribution in [1.82, 2.24) is 15.1 Å². The van der Waals surface area contributed by atoms with Crippen LogP contribution in [0.3, 0.4) is 0 Å². The van der Waals surface area contributed by atoms with Crippen LogP contribution in [0, 0.1) is 6.92 Å². The molecule has 0 aliphatic carbocycles. The smallest absolute Gasteiger partial charge is 0.256 e. The van der Waals surface area contributed by atoms with Crippen LogP contribution in [0.15, 0.2) is 48.5 Å². The predicted octanol–water partition coefficient (Wildman–Crippen LogP) is 3.28. The fourth-order valence-electron chi connectivity index (χ4n) is 2.81. The Balaban J connectivity index is 1.65. The van der Waals surface area contributed by atoms with Gasteiger partial charge in [-0.1, -0.05) is 48.0 Å². The molecule has 3 rings (SSSR count). The number of benzene rings is 2. The molecule has 0 spiro atoms. The third-order valence-corrected chi connectivity index (χ3v) is 4.59. The average molecular weight is 386 g/mol. The van der Waals surface area contributed by atoms with Gasteiger partial charge in [-0.3, -0.25) is 4.79 Å². The third-order valence-electron chi connectivity index (χ3n) is 4.21. The van der Waals surface area contributed by atoms with Gasteiger partial charge in [-0.25, -0.2) is 4.68 Å². The van der Waals surface area contributed by atoms with Crippen molar-refractivity contribution in [1.29, 1.82) is 0 Å². The molecule has 0 aliphatic rings. The summed E-state index contributed by atoms with van der Waals surface area (Å²) < 4.78 is 1.61. The molecule has 0 unspecified atom stereocenters. The summed E-state index contributed by atoms with van der Waals surface area (Å²) >= 11 is 6.39. The lowest BCUT2D eigenvalue weighted by Crippen LogP contribution is -2.26. The molecule has 27 heavy (non-hydrogen) atoms. The van der Waals surface area contributed by atoms with E-state index in [0.29, 0.717) is 35.9 Å². The zero-order valence-electron chi connectivity index (χ0n) is 14.8. The first-order chi connectivity index (χ1) is 13.0. The number of carbonyl (C=O) groups excluding carboxylic acids is 1. The normalized spacial score (nSPS) is 10.7. The summed E-state index contributed by atoms with van der Waals surface area (Å²) in [6.45, 7) is 2.60. The molecule has 6 nitrogen and oxygen atoms in total. The van der Waals surface area contributed by atoms with Gasteiger partial charge in [0.25, 0.3) is 5.91 Å². The van der Waals surface area contributed by atoms with E-state index >= 15 is 0 Å². The van der Waals surface area contributed by atoms with Crippen LogP contribution in [0.4, 0.5) is 0 Å². The maximum atomic E-state index is 12.5. The highest BCUT2D eigenvalue weighted by molar-refractivity contribution is 6.33. The van der Waals surface area contributed by atoms with Crippen LogP contribution in [0.2, 0.25) is 5.15 Å². The Kier molecular flexibility index (Phi) is 5.66. The SMILES string of the molecule is Cc1nn(Cc2ccccc2)c(Cl)c1C(=O)NCCc1ccc(O)c(O)c1. The fourth-order valence-corrected chi connectivity index (χ4v) is 3.13. The maximum Gasteiger partial charge on any atom is 0.256 e. The lowest BCUT2D eigenvalue weighted by Gasteiger charge is -2.07. The van der Waals surface area contributed by atoms with E-state index in [0.717, 1.165) is 11.1 Å². The van der Waals surface area contributed by atoms with E-state index in [9.17, 15) is 15.0 Å². The number of rotatable bonds is 6. The minimum Gasteiger partial charge on any atom is -0.504 e. The largest absolute Gasteiger partial charge is 0.504 e. The van der Waals surface area contributed by atoms with E-state index in [1.165, 1.54) is 12.1 Å². The first kappa shape index (κ1) is 18.8. The fraction of sp³-hybridized carbons (Fsp3) is 0.200. The first-order valence-corrected chi connectivity index (χ1v) is 8.89. The highest BCUT2D eigenvalue weighted by atomic mass is 35.5. The van der Waals surface area contributed by atoms with Crippen molar-refractivity contribution >= 4 is 17.5 Å². The predicted molar refractivity (Wildman–Crippen MR) is 103 cm³/mol. The molecule has 0 saturated heterocycles. The van der Waals surface area contributed by atoms with Crippen LogP contribution in [-0.2, 0) is 13.0 Å². The standard InChI is InChI=1S/C20H20ClN3O3/c1-13-18(19(21)24(23-13)12-15-5-3-2-4-6-15)20(27)22-10-9-14-7-8-16(25)17(26)11-14/h2-8,11,25-26H,9-10,12H2,1H3,(H,22,27). The Hall–Kier alpha value is -2.99. The van der Waals surface area contributed by atoms with Gasteiger partial charge in [-0.05, 0) is 36.6 Å². The quantitative estimate of drug-likeness (QED) is 0.568. The van der Waals surface area contributed by atoms with E-state index in [4.69, 9.17) is 11.6 Å². The minimum absolute atomic E-state index is 0.170. The molecule has 0 saturated carbocycles. The number of aromatic hydroxyl groups is 2. The van der Waals surface area contributed by atoms with E-state index in [1.54, 1.807) is 17.7 Å². The molecule has 140 valence electrons. The summed E-state index contributed by atoms with van der Waals surface area (Å²) in [7, 11) is 0. The maximum absolute atomic E-state index is 12.5. The second-order valence-electron chi connectivity index (χ2n) is 6.22. The summed E-state index contributed by atoms with van der Waals surface area (Å²) in [5.74, 6) is -0.643. The highest BCUT2D eigenvalue weighted by Gasteiger charge is 2.20. The van der Waals surface area contributed by atoms with E-state index in [-0.39, 0.29) is 17.4 Å². The van der Waals surface area contributed by atoms with Crippen molar-refractivity contribution in [2.45, 2.75) is 19.9 Å².